The highest BCUT2D eigenvalue weighted by Gasteiger charge is 2.29. The van der Waals surface area contributed by atoms with Crippen LogP contribution < -0.4 is 10.5 Å². The molecule has 0 radical (unpaired) electrons. The van der Waals surface area contributed by atoms with Crippen LogP contribution in [0.5, 0.6) is 5.75 Å². The lowest BCUT2D eigenvalue weighted by Crippen LogP contribution is -2.18. The minimum Gasteiger partial charge on any atom is -0.508 e. The van der Waals surface area contributed by atoms with E-state index in [0.717, 1.165) is 17.3 Å². The second-order valence-corrected chi connectivity index (χ2v) is 10.6. The lowest BCUT2D eigenvalue weighted by Gasteiger charge is -2.31. The van der Waals surface area contributed by atoms with Crippen molar-refractivity contribution in [2.24, 2.45) is 5.10 Å². The van der Waals surface area contributed by atoms with Crippen molar-refractivity contribution in [2.45, 2.75) is 6.42 Å². The first-order valence-electron chi connectivity index (χ1n) is 9.07. The normalized spacial score (nSPS) is 12.2. The van der Waals surface area contributed by atoms with Gasteiger partial charge in [-0.15, -0.1) is 0 Å². The molecule has 0 fully saturated rings. The van der Waals surface area contributed by atoms with E-state index in [2.05, 4.69) is 34.6 Å². The third kappa shape index (κ3) is 8.14. The molecule has 0 aliphatic carbocycles. The van der Waals surface area contributed by atoms with E-state index in [1.807, 2.05) is 4.44 Å². The number of rotatable bonds is 13. The summed E-state index contributed by atoms with van der Waals surface area (Å²) < 4.78 is 23.7. The van der Waals surface area contributed by atoms with E-state index in [1.165, 1.54) is 5.56 Å². The molecule has 0 bridgehead atoms. The molecule has 1 unspecified atom stereocenters. The molecule has 2 aromatic rings. The average molecular weight is 471 g/mol. The van der Waals surface area contributed by atoms with Gasteiger partial charge in [0.15, 0.2) is 0 Å². The fraction of sp³-hybridized carbons (Fsp3) is 0.316. The molecule has 0 aromatic heterocycles. The van der Waals surface area contributed by atoms with Gasteiger partial charge in [-0.1, -0.05) is 24.3 Å². The maximum atomic E-state index is 9.29. The van der Waals surface area contributed by atoms with Gasteiger partial charge in [0, 0.05) is 43.7 Å². The molecule has 1 atom stereocenters. The predicted octanol–water partition coefficient (Wildman–Crippen LogP) is 4.12. The highest BCUT2D eigenvalue weighted by molar-refractivity contribution is 7.60. The van der Waals surface area contributed by atoms with Gasteiger partial charge < -0.3 is 23.2 Å². The second kappa shape index (κ2) is 14.0. The number of hydrogen-bond donors (Lipinski definition) is 2. The van der Waals surface area contributed by atoms with Gasteiger partial charge in [-0.3, -0.25) is 5.20 Å². The van der Waals surface area contributed by atoms with Crippen molar-refractivity contribution >= 4 is 37.3 Å². The lowest BCUT2D eigenvalue weighted by molar-refractivity contribution is 0.265. The van der Waals surface area contributed by atoms with Gasteiger partial charge in [-0.05, 0) is 47.1 Å². The zero-order chi connectivity index (χ0) is 21.8. The first-order valence-corrected chi connectivity index (χ1v) is 12.3. The van der Waals surface area contributed by atoms with Crippen molar-refractivity contribution in [2.75, 3.05) is 35.0 Å². The summed E-state index contributed by atoms with van der Waals surface area (Å²) in [6.45, 7) is 0.692. The van der Waals surface area contributed by atoms with Crippen LogP contribution in [0.15, 0.2) is 53.6 Å². The Hall–Kier alpha value is -1.20. The molecular weight excluding hydrogens is 443 g/mol. The first kappa shape index (κ1) is 25.1. The molecule has 164 valence electrons. The molecule has 2 rings (SSSR count). The van der Waals surface area contributed by atoms with Crippen molar-refractivity contribution in [1.82, 2.24) is 9.64 Å². The number of hydrazone groups is 1. The Kier molecular flexibility index (Phi) is 11.7. The van der Waals surface area contributed by atoms with Crippen LogP contribution in [0.2, 0.25) is 0 Å². The minimum absolute atomic E-state index is 0.243. The van der Waals surface area contributed by atoms with Crippen LogP contribution in [0, 0.1) is 0 Å². The number of aromatic hydroxyl groups is 1. The van der Waals surface area contributed by atoms with Crippen molar-refractivity contribution in [3.05, 3.63) is 59.7 Å². The zero-order valence-electron chi connectivity index (χ0n) is 17.5. The van der Waals surface area contributed by atoms with Crippen LogP contribution in [0.25, 0.3) is 0 Å². The summed E-state index contributed by atoms with van der Waals surface area (Å²) in [6.07, 6.45) is 2.54. The number of phenolic OH excluding ortho intramolecular Hbond substituents is 1. The van der Waals surface area contributed by atoms with Gasteiger partial charge in [-0.25, -0.2) is 0 Å². The Morgan fingerprint density at radius 3 is 2.03 bits per heavy atom. The Bertz CT molecular complexity index is 745. The van der Waals surface area contributed by atoms with Gasteiger partial charge in [0.1, 0.15) is 5.75 Å². The summed E-state index contributed by atoms with van der Waals surface area (Å²) in [5.41, 5.74) is 2.12. The third-order valence-corrected chi connectivity index (χ3v) is 8.07. The van der Waals surface area contributed by atoms with Gasteiger partial charge in [-0.2, -0.15) is 9.54 Å². The third-order valence-electron chi connectivity index (χ3n) is 3.93. The predicted molar refractivity (Wildman–Crippen MR) is 126 cm³/mol. The van der Waals surface area contributed by atoms with Crippen molar-refractivity contribution in [3.8, 4) is 5.75 Å². The monoisotopic (exact) mass is 471 g/mol. The Labute approximate surface area is 182 Å². The summed E-state index contributed by atoms with van der Waals surface area (Å²) in [7, 11) is 4.37. The molecule has 0 heterocycles. The highest BCUT2D eigenvalue weighted by atomic mass is 31.2. The highest BCUT2D eigenvalue weighted by Crippen LogP contribution is 2.57. The van der Waals surface area contributed by atoms with Gasteiger partial charge in [0.2, 0.25) is 0 Å². The van der Waals surface area contributed by atoms with Crippen LogP contribution in [0.4, 0.5) is 0 Å². The maximum Gasteiger partial charge on any atom is 0.265 e. The number of nitrogens with zero attached hydrogens (tertiary/aromatic N) is 2. The summed E-state index contributed by atoms with van der Waals surface area (Å²) in [4.78, 5) is 0. The van der Waals surface area contributed by atoms with E-state index < -0.39 is 17.1 Å². The maximum absolute atomic E-state index is 9.29. The fourth-order valence-electron chi connectivity index (χ4n) is 2.50. The summed E-state index contributed by atoms with van der Waals surface area (Å²) in [6, 6.07) is 15.3. The van der Waals surface area contributed by atoms with Crippen LogP contribution in [0.3, 0.4) is 0 Å². The Balaban J connectivity index is 1.86. The molecule has 2 aromatic carbocycles. The Morgan fingerprint density at radius 1 is 0.933 bits per heavy atom. The first-order chi connectivity index (χ1) is 14.6. The number of hydrogen-bond acceptors (Lipinski definition) is 8. The smallest absolute Gasteiger partial charge is 0.265 e. The molecule has 11 heteroatoms. The summed E-state index contributed by atoms with van der Waals surface area (Å²) in [5, 5.41) is 17.7. The fourth-order valence-corrected chi connectivity index (χ4v) is 6.02. The number of benzene rings is 2. The van der Waals surface area contributed by atoms with Crippen molar-refractivity contribution in [3.63, 3.8) is 0 Å². The van der Waals surface area contributed by atoms with E-state index >= 15 is 0 Å². The van der Waals surface area contributed by atoms with Crippen molar-refractivity contribution < 1.29 is 23.2 Å². The van der Waals surface area contributed by atoms with E-state index in [4.69, 9.17) is 18.1 Å². The van der Waals surface area contributed by atoms with Crippen molar-refractivity contribution in [1.29, 1.82) is 0 Å². The van der Waals surface area contributed by atoms with E-state index in [9.17, 15) is 5.11 Å². The molecule has 30 heavy (non-hydrogen) atoms. The van der Waals surface area contributed by atoms with Crippen LogP contribution in [-0.4, -0.2) is 50.7 Å². The SMILES string of the molecule is COP(OC)N(CCc1ccc(PN/N=C/c2ccc(O)cc2)cc1)P(OC)OC. The molecule has 8 nitrogen and oxygen atoms in total. The standard InChI is InChI=1S/C19H28N3O5P3/c1-24-29(25-2)22(30(26-3)27-4)14-13-16-7-11-19(12-8-16)28-21-20-15-17-5-9-18(23)10-6-17/h5-12,15,21,23,28H,13-14H2,1-4H3/b20-15+. The second-order valence-electron chi connectivity index (χ2n) is 5.84. The van der Waals surface area contributed by atoms with Crippen LogP contribution in [0.1, 0.15) is 11.1 Å². The molecular formula is C19H28N3O5P3. The molecule has 2 N–H and O–H groups in total. The molecule has 0 aliphatic heterocycles. The summed E-state index contributed by atoms with van der Waals surface area (Å²) >= 11 is 0. The van der Waals surface area contributed by atoms with Gasteiger partial charge in [0.05, 0.1) is 6.21 Å². The molecule has 0 spiro atoms. The zero-order valence-corrected chi connectivity index (χ0v) is 20.3. The van der Waals surface area contributed by atoms with E-state index in [1.54, 1.807) is 58.9 Å². The van der Waals surface area contributed by atoms with Crippen LogP contribution in [-0.2, 0) is 24.5 Å². The molecule has 0 saturated heterocycles. The van der Waals surface area contributed by atoms with E-state index in [0.29, 0.717) is 15.3 Å². The quantitative estimate of drug-likeness (QED) is 0.258. The van der Waals surface area contributed by atoms with Gasteiger partial charge in [0.25, 0.3) is 17.1 Å². The minimum atomic E-state index is -1.23. The van der Waals surface area contributed by atoms with Crippen LogP contribution >= 0.6 is 25.8 Å². The van der Waals surface area contributed by atoms with Gasteiger partial charge >= 0.3 is 0 Å². The number of phenols is 1. The summed E-state index contributed by atoms with van der Waals surface area (Å²) in [5.74, 6) is 0.243. The largest absolute Gasteiger partial charge is 0.508 e. The topological polar surface area (TPSA) is 84.8 Å². The van der Waals surface area contributed by atoms with E-state index in [-0.39, 0.29) is 5.75 Å². The average Bonchev–Trinajstić information content (AvgIpc) is 2.78. The molecule has 0 amide bonds. The molecule has 0 aliphatic rings. The lowest BCUT2D eigenvalue weighted by atomic mass is 10.2. The number of nitrogens with one attached hydrogen (secondary N) is 1. The Morgan fingerprint density at radius 2 is 1.50 bits per heavy atom. The molecule has 0 saturated carbocycles.